The molecule has 5 rings (SSSR count). The fourth-order valence-corrected chi connectivity index (χ4v) is 4.25. The van der Waals surface area contributed by atoms with Crippen LogP contribution in [0.3, 0.4) is 0 Å². The normalized spacial score (nSPS) is 13.9. The predicted octanol–water partition coefficient (Wildman–Crippen LogP) is 2.97. The van der Waals surface area contributed by atoms with Crippen LogP contribution in [0, 0.1) is 0 Å². The number of aryl methyl sites for hydroxylation is 1. The van der Waals surface area contributed by atoms with E-state index in [9.17, 15) is 0 Å². The molecule has 0 saturated carbocycles. The number of methoxy groups -OCH3 is 2. The molecule has 1 aromatic carbocycles. The fraction of sp³-hybridized carbons (Fsp3) is 0.348. The van der Waals surface area contributed by atoms with Crippen LogP contribution >= 0.6 is 0 Å². The third kappa shape index (κ3) is 3.75. The zero-order chi connectivity index (χ0) is 22.1. The van der Waals surface area contributed by atoms with Gasteiger partial charge in [-0.1, -0.05) is 0 Å². The van der Waals surface area contributed by atoms with Crippen molar-refractivity contribution in [3.05, 3.63) is 53.4 Å². The van der Waals surface area contributed by atoms with Crippen molar-refractivity contribution in [3.63, 3.8) is 0 Å². The molecule has 0 amide bonds. The molecule has 166 valence electrons. The zero-order valence-corrected chi connectivity index (χ0v) is 18.2. The van der Waals surface area contributed by atoms with Crippen molar-refractivity contribution in [1.82, 2.24) is 24.5 Å². The standard InChI is InChI=1S/C23H26N6O3/c1-30-19-11-15-7-9-28(14-17(15)12-20(19)31-2)8-3-5-16-13-25-23(24)29-22(16)26-21(27-29)18-6-4-10-32-18/h4,6,10-13H,3,5,7-9,14H2,1-2H3,(H2,24,25). The molecule has 0 fully saturated rings. The number of nitrogens with zero attached hydrogens (tertiary/aromatic N) is 5. The Morgan fingerprint density at radius 3 is 2.72 bits per heavy atom. The monoisotopic (exact) mass is 434 g/mol. The van der Waals surface area contributed by atoms with Crippen molar-refractivity contribution in [2.24, 2.45) is 0 Å². The van der Waals surface area contributed by atoms with E-state index >= 15 is 0 Å². The summed E-state index contributed by atoms with van der Waals surface area (Å²) >= 11 is 0. The smallest absolute Gasteiger partial charge is 0.223 e. The molecular formula is C23H26N6O3. The summed E-state index contributed by atoms with van der Waals surface area (Å²) in [6.45, 7) is 2.90. The van der Waals surface area contributed by atoms with Crippen LogP contribution in [0.5, 0.6) is 11.5 Å². The number of aromatic nitrogens is 4. The Bertz CT molecular complexity index is 1230. The van der Waals surface area contributed by atoms with Crippen LogP contribution in [0.2, 0.25) is 0 Å². The largest absolute Gasteiger partial charge is 0.493 e. The summed E-state index contributed by atoms with van der Waals surface area (Å²) in [5.41, 5.74) is 10.4. The van der Waals surface area contributed by atoms with E-state index in [1.807, 2.05) is 12.1 Å². The van der Waals surface area contributed by atoms with Gasteiger partial charge in [0, 0.05) is 24.8 Å². The van der Waals surface area contributed by atoms with E-state index in [1.165, 1.54) is 11.1 Å². The highest BCUT2D eigenvalue weighted by molar-refractivity contribution is 5.57. The highest BCUT2D eigenvalue weighted by Crippen LogP contribution is 2.33. The van der Waals surface area contributed by atoms with Crippen LogP contribution in [0.15, 0.2) is 41.1 Å². The van der Waals surface area contributed by atoms with Gasteiger partial charge in [0.25, 0.3) is 0 Å². The van der Waals surface area contributed by atoms with Crippen LogP contribution < -0.4 is 15.2 Å². The fourth-order valence-electron chi connectivity index (χ4n) is 4.25. The molecule has 0 bridgehead atoms. The number of hydrogen-bond donors (Lipinski definition) is 1. The zero-order valence-electron chi connectivity index (χ0n) is 18.2. The first-order valence-electron chi connectivity index (χ1n) is 10.7. The quantitative estimate of drug-likeness (QED) is 0.473. The number of rotatable bonds is 7. The van der Waals surface area contributed by atoms with Gasteiger partial charge < -0.3 is 19.6 Å². The number of hydrogen-bond acceptors (Lipinski definition) is 8. The summed E-state index contributed by atoms with van der Waals surface area (Å²) in [5.74, 6) is 3.00. The van der Waals surface area contributed by atoms with E-state index in [-0.39, 0.29) is 0 Å². The second-order valence-electron chi connectivity index (χ2n) is 7.90. The molecule has 3 aromatic heterocycles. The number of anilines is 1. The average Bonchev–Trinajstić information content (AvgIpc) is 3.50. The van der Waals surface area contributed by atoms with E-state index in [4.69, 9.17) is 19.6 Å². The molecule has 0 unspecified atom stereocenters. The van der Waals surface area contributed by atoms with Gasteiger partial charge in [0.05, 0.1) is 20.5 Å². The Labute approximate surface area is 185 Å². The molecule has 0 aliphatic carbocycles. The summed E-state index contributed by atoms with van der Waals surface area (Å²) in [5, 5.41) is 4.46. The third-order valence-corrected chi connectivity index (χ3v) is 5.92. The van der Waals surface area contributed by atoms with Crippen molar-refractivity contribution >= 4 is 11.6 Å². The first-order chi connectivity index (χ1) is 15.7. The van der Waals surface area contributed by atoms with E-state index in [0.717, 1.165) is 61.6 Å². The lowest BCUT2D eigenvalue weighted by atomic mass is 9.98. The van der Waals surface area contributed by atoms with Crippen LogP contribution in [0.4, 0.5) is 5.95 Å². The summed E-state index contributed by atoms with van der Waals surface area (Å²) in [7, 11) is 3.35. The van der Waals surface area contributed by atoms with Gasteiger partial charge in [0.15, 0.2) is 22.9 Å². The molecule has 1 aliphatic heterocycles. The van der Waals surface area contributed by atoms with Gasteiger partial charge in [-0.2, -0.15) is 4.52 Å². The molecule has 4 heterocycles. The van der Waals surface area contributed by atoms with Gasteiger partial charge in [-0.05, 0) is 61.2 Å². The molecule has 0 atom stereocenters. The van der Waals surface area contributed by atoms with Gasteiger partial charge in [-0.15, -0.1) is 5.10 Å². The number of nitrogens with two attached hydrogens (primary N) is 1. The molecule has 9 heteroatoms. The minimum absolute atomic E-state index is 0.311. The number of nitrogen functional groups attached to an aromatic ring is 1. The first-order valence-corrected chi connectivity index (χ1v) is 10.7. The van der Waals surface area contributed by atoms with Gasteiger partial charge in [0.1, 0.15) is 0 Å². The molecular weight excluding hydrogens is 408 g/mol. The summed E-state index contributed by atoms with van der Waals surface area (Å²) in [6.07, 6.45) is 6.22. The number of ether oxygens (including phenoxy) is 2. The lowest BCUT2D eigenvalue weighted by molar-refractivity contribution is 0.249. The highest BCUT2D eigenvalue weighted by Gasteiger charge is 2.20. The average molecular weight is 435 g/mol. The van der Waals surface area contributed by atoms with Crippen molar-refractivity contribution < 1.29 is 13.9 Å². The van der Waals surface area contributed by atoms with Gasteiger partial charge in [-0.3, -0.25) is 4.90 Å². The molecule has 0 saturated heterocycles. The lowest BCUT2D eigenvalue weighted by Crippen LogP contribution is -2.31. The molecule has 9 nitrogen and oxygen atoms in total. The van der Waals surface area contributed by atoms with Gasteiger partial charge >= 0.3 is 0 Å². The van der Waals surface area contributed by atoms with Gasteiger partial charge in [0.2, 0.25) is 11.8 Å². The summed E-state index contributed by atoms with van der Waals surface area (Å²) in [6, 6.07) is 7.84. The van der Waals surface area contributed by atoms with Gasteiger partial charge in [-0.25, -0.2) is 9.97 Å². The maximum atomic E-state index is 6.02. The molecule has 0 radical (unpaired) electrons. The maximum absolute atomic E-state index is 6.02. The second-order valence-corrected chi connectivity index (χ2v) is 7.90. The van der Waals surface area contributed by atoms with E-state index in [0.29, 0.717) is 17.5 Å². The summed E-state index contributed by atoms with van der Waals surface area (Å²) in [4.78, 5) is 11.4. The van der Waals surface area contributed by atoms with Crippen molar-refractivity contribution in [1.29, 1.82) is 0 Å². The van der Waals surface area contributed by atoms with Crippen LogP contribution in [-0.4, -0.2) is 51.8 Å². The third-order valence-electron chi connectivity index (χ3n) is 5.92. The SMILES string of the molecule is COc1cc2c(cc1OC)CN(CCCc1cnc(N)n3nc(-c4ccco4)nc13)CC2. The van der Waals surface area contributed by atoms with E-state index in [1.54, 1.807) is 31.2 Å². The van der Waals surface area contributed by atoms with Crippen molar-refractivity contribution in [2.45, 2.75) is 25.8 Å². The molecule has 2 N–H and O–H groups in total. The van der Waals surface area contributed by atoms with Crippen LogP contribution in [0.1, 0.15) is 23.1 Å². The second kappa shape index (κ2) is 8.51. The lowest BCUT2D eigenvalue weighted by Gasteiger charge is -2.29. The summed E-state index contributed by atoms with van der Waals surface area (Å²) < 4.78 is 17.9. The Morgan fingerprint density at radius 2 is 1.97 bits per heavy atom. The molecule has 32 heavy (non-hydrogen) atoms. The van der Waals surface area contributed by atoms with Crippen LogP contribution in [0.25, 0.3) is 17.2 Å². The highest BCUT2D eigenvalue weighted by atomic mass is 16.5. The molecule has 4 aromatic rings. The molecule has 0 spiro atoms. The minimum Gasteiger partial charge on any atom is -0.493 e. The minimum atomic E-state index is 0.311. The number of benzene rings is 1. The number of furan rings is 1. The Morgan fingerprint density at radius 1 is 1.16 bits per heavy atom. The van der Waals surface area contributed by atoms with E-state index < -0.39 is 0 Å². The maximum Gasteiger partial charge on any atom is 0.223 e. The Kier molecular flexibility index (Phi) is 5.40. The topological polar surface area (TPSA) is 104 Å². The first kappa shape index (κ1) is 20.3. The number of fused-ring (bicyclic) bond motifs is 2. The Balaban J connectivity index is 1.28. The predicted molar refractivity (Wildman–Crippen MR) is 120 cm³/mol. The van der Waals surface area contributed by atoms with Crippen LogP contribution in [-0.2, 0) is 19.4 Å². The Hall–Kier alpha value is -3.59. The molecule has 1 aliphatic rings. The van der Waals surface area contributed by atoms with Crippen molar-refractivity contribution in [3.8, 4) is 23.1 Å². The van der Waals surface area contributed by atoms with Crippen molar-refractivity contribution in [2.75, 3.05) is 33.0 Å². The van der Waals surface area contributed by atoms with E-state index in [2.05, 4.69) is 32.1 Å².